The van der Waals surface area contributed by atoms with Crippen LogP contribution in [0.4, 0.5) is 11.4 Å². The molecule has 1 aromatic heterocycles. The van der Waals surface area contributed by atoms with E-state index in [4.69, 9.17) is 11.6 Å². The number of anilines is 2. The van der Waals surface area contributed by atoms with Crippen molar-refractivity contribution in [2.45, 2.75) is 0 Å². The minimum atomic E-state index is 0.447. The maximum atomic E-state index is 5.88. The molecule has 1 fully saturated rings. The standard InChI is InChI=1S/C14H15ClN4/c15-14-10-13(11-16-17-14)19-8-6-18(7-9-19)12-4-2-1-3-5-12/h1-5,10-11H,6-9H2. The van der Waals surface area contributed by atoms with Gasteiger partial charge in [0.15, 0.2) is 5.15 Å². The van der Waals surface area contributed by atoms with Crippen LogP contribution in [0.5, 0.6) is 0 Å². The zero-order chi connectivity index (χ0) is 13.1. The molecule has 1 aromatic carbocycles. The van der Waals surface area contributed by atoms with Crippen molar-refractivity contribution in [1.29, 1.82) is 0 Å². The van der Waals surface area contributed by atoms with Gasteiger partial charge in [-0.25, -0.2) is 0 Å². The number of halogens is 1. The second kappa shape index (κ2) is 5.45. The average molecular weight is 275 g/mol. The fraction of sp³-hybridized carbons (Fsp3) is 0.286. The Morgan fingerprint density at radius 3 is 2.16 bits per heavy atom. The summed E-state index contributed by atoms with van der Waals surface area (Å²) in [5, 5.41) is 8.12. The second-order valence-corrected chi connectivity index (χ2v) is 4.93. The van der Waals surface area contributed by atoms with Crippen molar-refractivity contribution in [3.63, 3.8) is 0 Å². The van der Waals surface area contributed by atoms with Gasteiger partial charge in [-0.1, -0.05) is 29.8 Å². The van der Waals surface area contributed by atoms with E-state index < -0.39 is 0 Å². The maximum absolute atomic E-state index is 5.88. The number of hydrogen-bond acceptors (Lipinski definition) is 4. The third-order valence-corrected chi connectivity index (χ3v) is 3.56. The molecule has 19 heavy (non-hydrogen) atoms. The van der Waals surface area contributed by atoms with Crippen LogP contribution in [0.15, 0.2) is 42.6 Å². The summed E-state index contributed by atoms with van der Waals surface area (Å²) < 4.78 is 0. The molecule has 0 amide bonds. The molecule has 3 rings (SSSR count). The number of nitrogens with zero attached hydrogens (tertiary/aromatic N) is 4. The normalized spacial score (nSPS) is 15.6. The largest absolute Gasteiger partial charge is 0.368 e. The van der Waals surface area contributed by atoms with E-state index in [9.17, 15) is 0 Å². The lowest BCUT2D eigenvalue weighted by atomic mass is 10.2. The molecule has 1 aliphatic rings. The first kappa shape index (κ1) is 12.2. The lowest BCUT2D eigenvalue weighted by molar-refractivity contribution is 0.652. The van der Waals surface area contributed by atoms with Gasteiger partial charge in [-0.3, -0.25) is 0 Å². The fourth-order valence-electron chi connectivity index (χ4n) is 2.37. The Bertz CT molecular complexity index is 538. The van der Waals surface area contributed by atoms with Crippen LogP contribution in [-0.2, 0) is 0 Å². The van der Waals surface area contributed by atoms with Crippen LogP contribution in [0.3, 0.4) is 0 Å². The summed E-state index contributed by atoms with van der Waals surface area (Å²) in [6, 6.07) is 12.4. The van der Waals surface area contributed by atoms with Crippen molar-refractivity contribution in [2.75, 3.05) is 36.0 Å². The Kier molecular flexibility index (Phi) is 3.51. The number of piperazine rings is 1. The highest BCUT2D eigenvalue weighted by Crippen LogP contribution is 2.20. The van der Waals surface area contributed by atoms with Crippen LogP contribution >= 0.6 is 11.6 Å². The third-order valence-electron chi connectivity index (χ3n) is 3.38. The lowest BCUT2D eigenvalue weighted by Gasteiger charge is -2.37. The van der Waals surface area contributed by atoms with E-state index in [0.29, 0.717) is 5.15 Å². The van der Waals surface area contributed by atoms with Crippen molar-refractivity contribution in [2.24, 2.45) is 0 Å². The third kappa shape index (κ3) is 2.79. The summed E-state index contributed by atoms with van der Waals surface area (Å²) in [6.45, 7) is 3.95. The first-order chi connectivity index (χ1) is 9.33. The van der Waals surface area contributed by atoms with E-state index in [1.807, 2.05) is 12.1 Å². The molecule has 0 aliphatic carbocycles. The van der Waals surface area contributed by atoms with Crippen molar-refractivity contribution in [3.05, 3.63) is 47.7 Å². The van der Waals surface area contributed by atoms with Gasteiger partial charge in [0.1, 0.15) is 0 Å². The van der Waals surface area contributed by atoms with E-state index in [1.165, 1.54) is 5.69 Å². The number of rotatable bonds is 2. The molecule has 98 valence electrons. The van der Waals surface area contributed by atoms with Crippen molar-refractivity contribution < 1.29 is 0 Å². The van der Waals surface area contributed by atoms with E-state index >= 15 is 0 Å². The number of para-hydroxylation sites is 1. The van der Waals surface area contributed by atoms with Crippen LogP contribution in [0, 0.1) is 0 Å². The minimum absolute atomic E-state index is 0.447. The molecule has 0 radical (unpaired) electrons. The summed E-state index contributed by atoms with van der Waals surface area (Å²) in [4.78, 5) is 4.69. The Labute approximate surface area is 117 Å². The quantitative estimate of drug-likeness (QED) is 0.842. The molecule has 0 unspecified atom stereocenters. The predicted molar refractivity (Wildman–Crippen MR) is 77.9 cm³/mol. The number of benzene rings is 1. The van der Waals surface area contributed by atoms with Crippen LogP contribution in [-0.4, -0.2) is 36.4 Å². The highest BCUT2D eigenvalue weighted by atomic mass is 35.5. The summed E-state index contributed by atoms with van der Waals surface area (Å²) in [5.41, 5.74) is 2.33. The van der Waals surface area contributed by atoms with Gasteiger partial charge in [-0.05, 0) is 12.1 Å². The first-order valence-corrected chi connectivity index (χ1v) is 6.74. The molecular formula is C14H15ClN4. The molecule has 2 heterocycles. The SMILES string of the molecule is Clc1cc(N2CCN(c3ccccc3)CC2)cnn1. The molecule has 0 bridgehead atoms. The van der Waals surface area contributed by atoms with E-state index in [0.717, 1.165) is 31.9 Å². The van der Waals surface area contributed by atoms with Crippen molar-refractivity contribution in [1.82, 2.24) is 10.2 Å². The molecule has 2 aromatic rings. The highest BCUT2D eigenvalue weighted by molar-refractivity contribution is 6.29. The molecule has 0 spiro atoms. The minimum Gasteiger partial charge on any atom is -0.368 e. The van der Waals surface area contributed by atoms with Gasteiger partial charge < -0.3 is 9.80 Å². The molecule has 0 atom stereocenters. The Morgan fingerprint density at radius 1 is 0.895 bits per heavy atom. The predicted octanol–water partition coefficient (Wildman–Crippen LogP) is 2.46. The molecule has 5 heteroatoms. The highest BCUT2D eigenvalue weighted by Gasteiger charge is 2.17. The van der Waals surface area contributed by atoms with E-state index in [-0.39, 0.29) is 0 Å². The molecule has 0 N–H and O–H groups in total. The molecule has 1 saturated heterocycles. The van der Waals surface area contributed by atoms with Gasteiger partial charge in [0.25, 0.3) is 0 Å². The lowest BCUT2D eigenvalue weighted by Crippen LogP contribution is -2.46. The van der Waals surface area contributed by atoms with Gasteiger partial charge in [0, 0.05) is 37.9 Å². The van der Waals surface area contributed by atoms with Crippen LogP contribution in [0.1, 0.15) is 0 Å². The molecule has 0 saturated carbocycles. The monoisotopic (exact) mass is 274 g/mol. The number of aromatic nitrogens is 2. The van der Waals surface area contributed by atoms with Crippen LogP contribution < -0.4 is 9.80 Å². The average Bonchev–Trinajstić information content (AvgIpc) is 2.48. The van der Waals surface area contributed by atoms with Gasteiger partial charge >= 0.3 is 0 Å². The Balaban J connectivity index is 1.67. The maximum Gasteiger partial charge on any atom is 0.153 e. The summed E-state index contributed by atoms with van der Waals surface area (Å²) >= 11 is 5.88. The Hall–Kier alpha value is -1.81. The summed E-state index contributed by atoms with van der Waals surface area (Å²) in [5.74, 6) is 0. The van der Waals surface area contributed by atoms with Crippen molar-refractivity contribution >= 4 is 23.0 Å². The first-order valence-electron chi connectivity index (χ1n) is 6.36. The number of hydrogen-bond donors (Lipinski definition) is 0. The van der Waals surface area contributed by atoms with Gasteiger partial charge in [-0.15, -0.1) is 5.10 Å². The van der Waals surface area contributed by atoms with Gasteiger partial charge in [0.2, 0.25) is 0 Å². The molecule has 4 nitrogen and oxygen atoms in total. The summed E-state index contributed by atoms with van der Waals surface area (Å²) in [7, 11) is 0. The van der Waals surface area contributed by atoms with E-state index in [2.05, 4.69) is 44.3 Å². The zero-order valence-corrected chi connectivity index (χ0v) is 11.3. The van der Waals surface area contributed by atoms with E-state index in [1.54, 1.807) is 6.20 Å². The smallest absolute Gasteiger partial charge is 0.153 e. The second-order valence-electron chi connectivity index (χ2n) is 4.55. The van der Waals surface area contributed by atoms with Crippen molar-refractivity contribution in [3.8, 4) is 0 Å². The van der Waals surface area contributed by atoms with Crippen LogP contribution in [0.25, 0.3) is 0 Å². The zero-order valence-electron chi connectivity index (χ0n) is 10.5. The summed E-state index contributed by atoms with van der Waals surface area (Å²) in [6.07, 6.45) is 1.77. The van der Waals surface area contributed by atoms with Crippen LogP contribution in [0.2, 0.25) is 5.15 Å². The fourth-order valence-corrected chi connectivity index (χ4v) is 2.52. The molecular weight excluding hydrogens is 260 g/mol. The topological polar surface area (TPSA) is 32.3 Å². The van der Waals surface area contributed by atoms with Gasteiger partial charge in [0.05, 0.1) is 11.9 Å². The Morgan fingerprint density at radius 2 is 1.53 bits per heavy atom. The molecule has 1 aliphatic heterocycles. The van der Waals surface area contributed by atoms with Gasteiger partial charge in [-0.2, -0.15) is 5.10 Å².